The molecule has 0 radical (unpaired) electrons. The van der Waals surface area contributed by atoms with E-state index in [2.05, 4.69) is 30.1 Å². The molecule has 1 amide bonds. The number of para-hydroxylation sites is 1. The summed E-state index contributed by atoms with van der Waals surface area (Å²) < 4.78 is 29.6. The van der Waals surface area contributed by atoms with Gasteiger partial charge in [0.15, 0.2) is 0 Å². The molecule has 0 saturated carbocycles. The van der Waals surface area contributed by atoms with E-state index in [4.69, 9.17) is 4.98 Å². The minimum absolute atomic E-state index is 0.258. The molecule has 1 N–H and O–H groups in total. The fraction of sp³-hybridized carbons (Fsp3) is 0.407. The Hall–Kier alpha value is -2.15. The minimum Gasteiger partial charge on any atom is -0.316 e. The monoisotopic (exact) mass is 586 g/mol. The van der Waals surface area contributed by atoms with Gasteiger partial charge in [0.1, 0.15) is 20.3 Å². The number of hydrogen-bond donors (Lipinski definition) is 1. The Balaban J connectivity index is 1.37. The number of nitrogens with one attached hydrogen (secondary N) is 1. The Morgan fingerprint density at radius 3 is 2.71 bits per heavy atom. The molecule has 1 aromatic carbocycles. The van der Waals surface area contributed by atoms with Crippen molar-refractivity contribution in [1.29, 1.82) is 0 Å². The van der Waals surface area contributed by atoms with Gasteiger partial charge in [-0.15, -0.1) is 34.0 Å². The molecule has 0 bridgehead atoms. The van der Waals surface area contributed by atoms with E-state index in [-0.39, 0.29) is 10.1 Å². The molecule has 7 nitrogen and oxygen atoms in total. The molecule has 200 valence electrons. The molecule has 3 aromatic heterocycles. The van der Waals surface area contributed by atoms with Crippen LogP contribution < -0.4 is 5.32 Å². The Labute approximate surface area is 235 Å². The molecule has 2 aliphatic heterocycles. The second-order valence-corrected chi connectivity index (χ2v) is 15.3. The Bertz CT molecular complexity index is 1540. The zero-order chi connectivity index (χ0) is 26.4. The van der Waals surface area contributed by atoms with Crippen LogP contribution in [0.4, 0.5) is 5.00 Å². The number of carbonyl (C=O) groups is 1. The van der Waals surface area contributed by atoms with Crippen molar-refractivity contribution in [1.82, 2.24) is 14.2 Å². The average Bonchev–Trinajstić information content (AvgIpc) is 3.66. The number of hydrogen-bond acceptors (Lipinski definition) is 8. The van der Waals surface area contributed by atoms with Crippen LogP contribution in [-0.4, -0.2) is 53.7 Å². The number of anilines is 1. The number of carbonyl (C=O) groups excluding carboxylic acids is 1. The highest BCUT2D eigenvalue weighted by Crippen LogP contribution is 2.46. The van der Waals surface area contributed by atoms with E-state index in [0.29, 0.717) is 19.0 Å². The van der Waals surface area contributed by atoms with Crippen molar-refractivity contribution in [3.05, 3.63) is 52.2 Å². The third-order valence-electron chi connectivity index (χ3n) is 7.38. The van der Waals surface area contributed by atoms with E-state index in [1.165, 1.54) is 26.1 Å². The number of piperidine rings is 1. The van der Waals surface area contributed by atoms with E-state index in [9.17, 15) is 13.2 Å². The third kappa shape index (κ3) is 4.73. The van der Waals surface area contributed by atoms with Crippen LogP contribution in [0.5, 0.6) is 0 Å². The Kier molecular flexibility index (Phi) is 7.17. The molecule has 2 aliphatic rings. The maximum Gasteiger partial charge on any atom is 0.253 e. The summed E-state index contributed by atoms with van der Waals surface area (Å²) in [4.78, 5) is 22.4. The first-order valence-corrected chi connectivity index (χ1v) is 16.9. The number of thiophene rings is 2. The lowest BCUT2D eigenvalue weighted by Crippen LogP contribution is -2.49. The number of nitrogens with zero attached hydrogens (tertiary/aromatic N) is 3. The second kappa shape index (κ2) is 10.4. The van der Waals surface area contributed by atoms with Crippen LogP contribution in [-0.2, 0) is 27.8 Å². The van der Waals surface area contributed by atoms with Gasteiger partial charge in [0, 0.05) is 36.1 Å². The SMILES string of the molecule is CC(C)N1CCc2c(sc(NC(=O)C3CCCCN3S(=O)(=O)c3cccs3)c2-c2nc3ccccc3s2)C1. The van der Waals surface area contributed by atoms with Gasteiger partial charge in [-0.25, -0.2) is 13.4 Å². The van der Waals surface area contributed by atoms with Gasteiger partial charge in [-0.05, 0) is 62.3 Å². The number of amides is 1. The molecule has 6 rings (SSSR count). The Morgan fingerprint density at radius 2 is 1.95 bits per heavy atom. The van der Waals surface area contributed by atoms with Crippen LogP contribution in [0.15, 0.2) is 46.0 Å². The summed E-state index contributed by atoms with van der Waals surface area (Å²) in [6.45, 7) is 6.58. The van der Waals surface area contributed by atoms with E-state index < -0.39 is 16.1 Å². The summed E-state index contributed by atoms with van der Waals surface area (Å²) in [5.74, 6) is -0.258. The van der Waals surface area contributed by atoms with Gasteiger partial charge in [0.2, 0.25) is 5.91 Å². The zero-order valence-electron chi connectivity index (χ0n) is 21.3. The third-order valence-corrected chi connectivity index (χ3v) is 12.8. The quantitative estimate of drug-likeness (QED) is 0.298. The van der Waals surface area contributed by atoms with Gasteiger partial charge in [-0.3, -0.25) is 9.69 Å². The van der Waals surface area contributed by atoms with E-state index in [1.54, 1.807) is 40.2 Å². The number of thiazole rings is 1. The summed E-state index contributed by atoms with van der Waals surface area (Å²) in [6.07, 6.45) is 2.99. The maximum absolute atomic E-state index is 13.8. The van der Waals surface area contributed by atoms with Crippen molar-refractivity contribution in [3.63, 3.8) is 0 Å². The van der Waals surface area contributed by atoms with Gasteiger partial charge in [-0.2, -0.15) is 4.31 Å². The number of fused-ring (bicyclic) bond motifs is 2. The molecule has 1 unspecified atom stereocenters. The number of rotatable bonds is 6. The van der Waals surface area contributed by atoms with E-state index >= 15 is 0 Å². The van der Waals surface area contributed by atoms with Gasteiger partial charge in [-0.1, -0.05) is 24.6 Å². The summed E-state index contributed by atoms with van der Waals surface area (Å²) >= 11 is 4.45. The lowest BCUT2D eigenvalue weighted by atomic mass is 10.0. The predicted molar refractivity (Wildman–Crippen MR) is 157 cm³/mol. The van der Waals surface area contributed by atoms with Crippen LogP contribution in [0.2, 0.25) is 0 Å². The normalized spacial score (nSPS) is 19.2. The molecule has 1 atom stereocenters. The van der Waals surface area contributed by atoms with Gasteiger partial charge >= 0.3 is 0 Å². The standard InChI is InChI=1S/C27H30N4O3S4/c1-17(2)30-14-12-18-22(16-30)37-27(24(18)26-28-19-8-3-4-10-21(19)36-26)29-25(32)20-9-5-6-13-31(20)38(33,34)23-11-7-15-35-23/h3-4,7-8,10-11,15,17,20H,5-6,9,12-14,16H2,1-2H3,(H,29,32). The fourth-order valence-corrected chi connectivity index (χ4v) is 10.5. The first-order chi connectivity index (χ1) is 18.3. The van der Waals surface area contributed by atoms with Crippen LogP contribution in [0.3, 0.4) is 0 Å². The van der Waals surface area contributed by atoms with Crippen LogP contribution in [0, 0.1) is 0 Å². The van der Waals surface area contributed by atoms with Crippen molar-refractivity contribution in [3.8, 4) is 10.6 Å². The summed E-state index contributed by atoms with van der Waals surface area (Å²) in [5.41, 5.74) is 3.21. The highest BCUT2D eigenvalue weighted by molar-refractivity contribution is 7.91. The summed E-state index contributed by atoms with van der Waals surface area (Å²) in [6, 6.07) is 11.1. The fourth-order valence-electron chi connectivity index (χ4n) is 5.33. The lowest BCUT2D eigenvalue weighted by Gasteiger charge is -2.33. The molecule has 0 aliphatic carbocycles. The lowest BCUT2D eigenvalue weighted by molar-refractivity contribution is -0.120. The molecule has 0 spiro atoms. The van der Waals surface area contributed by atoms with Gasteiger partial charge in [0.25, 0.3) is 10.0 Å². The minimum atomic E-state index is -3.73. The first-order valence-electron chi connectivity index (χ1n) is 12.9. The van der Waals surface area contributed by atoms with E-state index in [1.807, 2.05) is 18.2 Å². The number of aromatic nitrogens is 1. The Morgan fingerprint density at radius 1 is 1.11 bits per heavy atom. The average molecular weight is 587 g/mol. The largest absolute Gasteiger partial charge is 0.316 e. The van der Waals surface area contributed by atoms with Crippen LogP contribution >= 0.6 is 34.0 Å². The van der Waals surface area contributed by atoms with E-state index in [0.717, 1.165) is 58.1 Å². The highest BCUT2D eigenvalue weighted by Gasteiger charge is 2.39. The highest BCUT2D eigenvalue weighted by atomic mass is 32.2. The molecule has 38 heavy (non-hydrogen) atoms. The molecule has 4 aromatic rings. The topological polar surface area (TPSA) is 82.6 Å². The summed E-state index contributed by atoms with van der Waals surface area (Å²) in [7, 11) is -3.73. The van der Waals surface area contributed by atoms with Crippen molar-refractivity contribution in [2.45, 2.75) is 62.4 Å². The predicted octanol–water partition coefficient (Wildman–Crippen LogP) is 6.03. The maximum atomic E-state index is 13.8. The van der Waals surface area contributed by atoms with Gasteiger partial charge in [0.05, 0.1) is 10.2 Å². The first kappa shape index (κ1) is 26.1. The molecular weight excluding hydrogens is 557 g/mol. The van der Waals surface area contributed by atoms with Crippen LogP contribution in [0.1, 0.15) is 43.6 Å². The van der Waals surface area contributed by atoms with Crippen molar-refractivity contribution in [2.24, 2.45) is 0 Å². The van der Waals surface area contributed by atoms with Gasteiger partial charge < -0.3 is 5.32 Å². The second-order valence-electron chi connectivity index (χ2n) is 10.1. The molecule has 1 saturated heterocycles. The van der Waals surface area contributed by atoms with Crippen molar-refractivity contribution in [2.75, 3.05) is 18.4 Å². The smallest absolute Gasteiger partial charge is 0.253 e. The molecule has 11 heteroatoms. The van der Waals surface area contributed by atoms with Crippen molar-refractivity contribution < 1.29 is 13.2 Å². The number of sulfonamides is 1. The number of benzene rings is 1. The molecule has 5 heterocycles. The van der Waals surface area contributed by atoms with Crippen LogP contribution in [0.25, 0.3) is 20.8 Å². The summed E-state index contributed by atoms with van der Waals surface area (Å²) in [5, 5.41) is 6.64. The molecular formula is C27H30N4O3S4. The van der Waals surface area contributed by atoms with Crippen molar-refractivity contribution >= 4 is 65.2 Å². The zero-order valence-corrected chi connectivity index (χ0v) is 24.6. The molecule has 1 fully saturated rings.